The maximum absolute atomic E-state index is 2.53. The molecule has 1 aromatic carbocycles. The van der Waals surface area contributed by atoms with Gasteiger partial charge < -0.3 is 9.80 Å². The van der Waals surface area contributed by atoms with E-state index in [1.54, 1.807) is 4.90 Å². The highest BCUT2D eigenvalue weighted by atomic mass is 15.3. The van der Waals surface area contributed by atoms with E-state index in [-0.39, 0.29) is 0 Å². The van der Waals surface area contributed by atoms with Crippen LogP contribution < -0.4 is 9.80 Å². The minimum Gasteiger partial charge on any atom is -0.360 e. The first-order chi connectivity index (χ1) is 10.6. The third kappa shape index (κ3) is 5.84. The van der Waals surface area contributed by atoms with Crippen LogP contribution in [0.25, 0.3) is 0 Å². The maximum Gasteiger partial charge on any atom is 0.0949 e. The van der Waals surface area contributed by atoms with Gasteiger partial charge >= 0.3 is 0 Å². The minimum absolute atomic E-state index is 0.857. The van der Waals surface area contributed by atoms with Crippen LogP contribution in [0.3, 0.4) is 0 Å². The van der Waals surface area contributed by atoms with Gasteiger partial charge in [-0.15, -0.1) is 0 Å². The number of anilines is 1. The van der Waals surface area contributed by atoms with Crippen LogP contribution in [-0.4, -0.2) is 32.7 Å². The second-order valence-electron chi connectivity index (χ2n) is 7.08. The Bertz CT molecular complexity index is 440. The molecule has 1 aromatic rings. The van der Waals surface area contributed by atoms with Gasteiger partial charge in [-0.25, -0.2) is 0 Å². The van der Waals surface area contributed by atoms with Gasteiger partial charge in [0, 0.05) is 5.69 Å². The van der Waals surface area contributed by atoms with Gasteiger partial charge in [-0.05, 0) is 51.2 Å². The summed E-state index contributed by atoms with van der Waals surface area (Å²) in [6, 6.07) is 10.8. The van der Waals surface area contributed by atoms with Crippen molar-refractivity contribution in [2.45, 2.75) is 40.0 Å². The third-order valence-electron chi connectivity index (χ3n) is 4.79. The average Bonchev–Trinajstić information content (AvgIpc) is 2.54. The summed E-state index contributed by atoms with van der Waals surface area (Å²) in [7, 11) is 0. The highest BCUT2D eigenvalue weighted by molar-refractivity contribution is 5.45. The summed E-state index contributed by atoms with van der Waals surface area (Å²) in [4.78, 5) is 4.32. The van der Waals surface area contributed by atoms with Crippen LogP contribution in [0.15, 0.2) is 42.0 Å². The zero-order chi connectivity index (χ0) is 15.8. The molecule has 1 fully saturated rings. The fraction of sp³-hybridized carbons (Fsp3) is 0.600. The SMILES string of the molecule is CC(C)=CCC[C@@H](C)CC[NH+]1CCN(c2ccccc2)CC1. The zero-order valence-corrected chi connectivity index (χ0v) is 14.6. The van der Waals surface area contributed by atoms with Crippen LogP contribution in [0.2, 0.25) is 0 Å². The molecule has 2 rings (SSSR count). The third-order valence-corrected chi connectivity index (χ3v) is 4.79. The Morgan fingerprint density at radius 1 is 1.14 bits per heavy atom. The highest BCUT2D eigenvalue weighted by Crippen LogP contribution is 2.13. The Balaban J connectivity index is 1.64. The topological polar surface area (TPSA) is 7.68 Å². The van der Waals surface area contributed by atoms with Crippen LogP contribution >= 0.6 is 0 Å². The molecule has 1 aliphatic heterocycles. The van der Waals surface area contributed by atoms with Gasteiger partial charge in [-0.1, -0.05) is 36.8 Å². The van der Waals surface area contributed by atoms with Crippen molar-refractivity contribution in [3.8, 4) is 0 Å². The van der Waals surface area contributed by atoms with Crippen molar-refractivity contribution < 1.29 is 4.90 Å². The van der Waals surface area contributed by atoms with Gasteiger partial charge in [-0.2, -0.15) is 0 Å². The molecule has 1 saturated heterocycles. The first-order valence-electron chi connectivity index (χ1n) is 8.92. The molecule has 0 bridgehead atoms. The molecule has 0 spiro atoms. The molecule has 1 N–H and O–H groups in total. The molecule has 0 radical (unpaired) electrons. The van der Waals surface area contributed by atoms with Crippen LogP contribution in [0.1, 0.15) is 40.0 Å². The predicted octanol–water partition coefficient (Wildman–Crippen LogP) is 3.16. The van der Waals surface area contributed by atoms with E-state index < -0.39 is 0 Å². The van der Waals surface area contributed by atoms with Crippen LogP contribution in [0.5, 0.6) is 0 Å². The van der Waals surface area contributed by atoms with E-state index in [0.29, 0.717) is 0 Å². The number of nitrogens with one attached hydrogen (secondary N) is 1. The van der Waals surface area contributed by atoms with E-state index in [9.17, 15) is 0 Å². The Morgan fingerprint density at radius 2 is 1.82 bits per heavy atom. The summed E-state index contributed by atoms with van der Waals surface area (Å²) in [6.45, 7) is 13.1. The largest absolute Gasteiger partial charge is 0.360 e. The quantitative estimate of drug-likeness (QED) is 0.760. The zero-order valence-electron chi connectivity index (χ0n) is 14.6. The molecule has 0 unspecified atom stereocenters. The lowest BCUT2D eigenvalue weighted by Gasteiger charge is -2.34. The molecular formula is C20H33N2+. The Morgan fingerprint density at radius 3 is 2.45 bits per heavy atom. The molecule has 0 aliphatic carbocycles. The number of nitrogens with zero attached hydrogens (tertiary/aromatic N) is 1. The number of para-hydroxylation sites is 1. The van der Waals surface area contributed by atoms with Gasteiger partial charge in [0.25, 0.3) is 0 Å². The van der Waals surface area contributed by atoms with Crippen molar-refractivity contribution in [1.82, 2.24) is 0 Å². The number of hydrogen-bond acceptors (Lipinski definition) is 1. The number of rotatable bonds is 7. The van der Waals surface area contributed by atoms with Crippen molar-refractivity contribution in [2.24, 2.45) is 5.92 Å². The standard InChI is InChI=1S/C20H32N2/c1-18(2)8-7-9-19(3)12-13-21-14-16-22(17-15-21)20-10-5-4-6-11-20/h4-6,8,10-11,19H,7,9,12-17H2,1-3H3/p+1/t19-/m1/s1. The van der Waals surface area contributed by atoms with E-state index >= 15 is 0 Å². The molecule has 0 amide bonds. The molecule has 0 saturated carbocycles. The van der Waals surface area contributed by atoms with Crippen LogP contribution in [-0.2, 0) is 0 Å². The second kappa shape index (κ2) is 8.99. The van der Waals surface area contributed by atoms with Crippen molar-refractivity contribution >= 4 is 5.69 Å². The Hall–Kier alpha value is -1.28. The molecular weight excluding hydrogens is 268 g/mol. The molecule has 1 atom stereocenters. The fourth-order valence-electron chi connectivity index (χ4n) is 3.22. The Kier molecular flexibility index (Phi) is 6.98. The monoisotopic (exact) mass is 301 g/mol. The molecule has 2 heteroatoms. The molecule has 2 nitrogen and oxygen atoms in total. The highest BCUT2D eigenvalue weighted by Gasteiger charge is 2.20. The molecule has 22 heavy (non-hydrogen) atoms. The van der Waals surface area contributed by atoms with Gasteiger partial charge in [0.2, 0.25) is 0 Å². The van der Waals surface area contributed by atoms with Gasteiger partial charge in [0.15, 0.2) is 0 Å². The summed E-state index contributed by atoms with van der Waals surface area (Å²) in [5.41, 5.74) is 2.84. The van der Waals surface area contributed by atoms with Crippen molar-refractivity contribution in [3.05, 3.63) is 42.0 Å². The first-order valence-corrected chi connectivity index (χ1v) is 8.92. The number of hydrogen-bond donors (Lipinski definition) is 1. The number of piperazine rings is 1. The van der Waals surface area contributed by atoms with Crippen molar-refractivity contribution in [3.63, 3.8) is 0 Å². The van der Waals surface area contributed by atoms with Crippen molar-refractivity contribution in [1.29, 1.82) is 0 Å². The minimum atomic E-state index is 0.857. The summed E-state index contributed by atoms with van der Waals surface area (Å²) in [5.74, 6) is 0.857. The average molecular weight is 301 g/mol. The molecule has 122 valence electrons. The maximum atomic E-state index is 2.53. The fourth-order valence-corrected chi connectivity index (χ4v) is 3.22. The summed E-state index contributed by atoms with van der Waals surface area (Å²) in [6.07, 6.45) is 6.34. The van der Waals surface area contributed by atoms with E-state index in [0.717, 1.165) is 5.92 Å². The summed E-state index contributed by atoms with van der Waals surface area (Å²) >= 11 is 0. The predicted molar refractivity (Wildman–Crippen MR) is 96.7 cm³/mol. The van der Waals surface area contributed by atoms with Crippen LogP contribution in [0, 0.1) is 5.92 Å². The smallest absolute Gasteiger partial charge is 0.0949 e. The number of benzene rings is 1. The van der Waals surface area contributed by atoms with E-state index in [2.05, 4.69) is 62.1 Å². The van der Waals surface area contributed by atoms with Crippen molar-refractivity contribution in [2.75, 3.05) is 37.6 Å². The van der Waals surface area contributed by atoms with E-state index in [1.165, 1.54) is 63.2 Å². The summed E-state index contributed by atoms with van der Waals surface area (Å²) < 4.78 is 0. The lowest BCUT2D eigenvalue weighted by Crippen LogP contribution is -3.14. The van der Waals surface area contributed by atoms with Gasteiger partial charge in [0.1, 0.15) is 0 Å². The van der Waals surface area contributed by atoms with Gasteiger partial charge in [-0.3, -0.25) is 0 Å². The molecule has 1 aliphatic rings. The lowest BCUT2D eigenvalue weighted by molar-refractivity contribution is -0.901. The summed E-state index contributed by atoms with van der Waals surface area (Å²) in [5, 5.41) is 0. The number of allylic oxidation sites excluding steroid dienone is 2. The Labute approximate surface area is 136 Å². The van der Waals surface area contributed by atoms with Gasteiger partial charge in [0.05, 0.1) is 32.7 Å². The van der Waals surface area contributed by atoms with E-state index in [4.69, 9.17) is 0 Å². The molecule has 1 heterocycles. The normalized spacial score (nSPS) is 17.3. The molecule has 0 aromatic heterocycles. The van der Waals surface area contributed by atoms with E-state index in [1.807, 2.05) is 0 Å². The first kappa shape index (κ1) is 17.1. The lowest BCUT2D eigenvalue weighted by atomic mass is 10.0. The van der Waals surface area contributed by atoms with Crippen LogP contribution in [0.4, 0.5) is 5.69 Å². The number of quaternary nitrogens is 1. The second-order valence-corrected chi connectivity index (χ2v) is 7.08.